The highest BCUT2D eigenvalue weighted by atomic mass is 35.5. The number of halogens is 1. The Hall–Kier alpha value is -3.87. The van der Waals surface area contributed by atoms with Crippen molar-refractivity contribution in [3.05, 3.63) is 107 Å². The third kappa shape index (κ3) is 7.62. The second-order valence-electron chi connectivity index (χ2n) is 10.7. The molecule has 7 heteroatoms. The Morgan fingerprint density at radius 1 is 0.900 bits per heavy atom. The molecule has 0 aliphatic heterocycles. The van der Waals surface area contributed by atoms with Gasteiger partial charge in [0.2, 0.25) is 0 Å². The number of rotatable bonds is 8. The number of hydrogen-bond donors (Lipinski definition) is 1. The minimum Gasteiger partial charge on any atom is -0.465 e. The highest BCUT2D eigenvalue weighted by Crippen LogP contribution is 2.26. The molecule has 0 unspecified atom stereocenters. The molecule has 0 saturated carbocycles. The van der Waals surface area contributed by atoms with E-state index in [-0.39, 0.29) is 12.5 Å². The molecule has 208 valence electrons. The fraction of sp³-hybridized carbons (Fsp3) is 0.273. The second kappa shape index (κ2) is 12.5. The zero-order valence-corrected chi connectivity index (χ0v) is 23.9. The van der Waals surface area contributed by atoms with E-state index < -0.39 is 17.8 Å². The van der Waals surface area contributed by atoms with Gasteiger partial charge in [0.15, 0.2) is 0 Å². The van der Waals surface area contributed by atoms with Gasteiger partial charge in [-0.05, 0) is 90.6 Å². The molecule has 0 heterocycles. The lowest BCUT2D eigenvalue weighted by molar-refractivity contribution is 0.0147. The predicted octanol–water partition coefficient (Wildman–Crippen LogP) is 7.46. The van der Waals surface area contributed by atoms with E-state index in [1.165, 1.54) is 12.0 Å². The number of benzene rings is 4. The smallest absolute Gasteiger partial charge is 0.410 e. The number of carbonyl (C=O) groups is 2. The predicted molar refractivity (Wildman–Crippen MR) is 159 cm³/mol. The number of methoxy groups -OCH3 is 1. The monoisotopic (exact) mass is 559 g/mol. The average Bonchev–Trinajstić information content (AvgIpc) is 2.93. The number of nitrogens with zero attached hydrogens (tertiary/aromatic N) is 1. The Balaban J connectivity index is 1.46. The molecular formula is C33H34ClNO5. The number of amides is 1. The molecule has 0 aliphatic rings. The van der Waals surface area contributed by atoms with E-state index in [1.54, 1.807) is 30.3 Å². The summed E-state index contributed by atoms with van der Waals surface area (Å²) in [5, 5.41) is 13.3. The van der Waals surface area contributed by atoms with E-state index in [0.717, 1.165) is 27.5 Å². The quantitative estimate of drug-likeness (QED) is 0.227. The van der Waals surface area contributed by atoms with Crippen LogP contribution in [0.25, 0.3) is 21.9 Å². The SMILES string of the molecule is COC(=O)c1ccc2cc(-c3ccc(CCN(C[C@@H](O)c4cccc(Cl)c4)C(=O)OC(C)(C)C)cc3)ccc2c1. The standard InChI is InChI=1S/C33H34ClNO5/c1-33(2,3)40-32(38)35(21-30(36)27-6-5-7-29(34)20-27)17-16-22-8-10-23(11-9-22)24-12-13-26-19-28(31(37)39-4)15-14-25(26)18-24/h5-15,18-20,30,36H,16-17,21H2,1-4H3/t30-/m1/s1. The van der Waals surface area contributed by atoms with E-state index in [9.17, 15) is 14.7 Å². The van der Waals surface area contributed by atoms with Crippen LogP contribution >= 0.6 is 11.6 Å². The van der Waals surface area contributed by atoms with E-state index in [0.29, 0.717) is 29.1 Å². The molecule has 0 fully saturated rings. The molecule has 6 nitrogen and oxygen atoms in total. The summed E-state index contributed by atoms with van der Waals surface area (Å²) < 4.78 is 10.4. The molecule has 1 atom stereocenters. The Morgan fingerprint density at radius 2 is 1.57 bits per heavy atom. The van der Waals surface area contributed by atoms with Crippen molar-refractivity contribution in [2.24, 2.45) is 0 Å². The Kier molecular flexibility index (Phi) is 9.13. The molecule has 0 bridgehead atoms. The average molecular weight is 560 g/mol. The van der Waals surface area contributed by atoms with E-state index in [2.05, 4.69) is 18.2 Å². The highest BCUT2D eigenvalue weighted by molar-refractivity contribution is 6.30. The van der Waals surface area contributed by atoms with Crippen molar-refractivity contribution in [3.8, 4) is 11.1 Å². The minimum absolute atomic E-state index is 0.0854. The van der Waals surface area contributed by atoms with Crippen LogP contribution in [0, 0.1) is 0 Å². The summed E-state index contributed by atoms with van der Waals surface area (Å²) in [5.74, 6) is -0.356. The van der Waals surface area contributed by atoms with Gasteiger partial charge in [0.05, 0.1) is 25.3 Å². The molecule has 1 amide bonds. The van der Waals surface area contributed by atoms with Crippen molar-refractivity contribution in [2.75, 3.05) is 20.2 Å². The maximum atomic E-state index is 13.0. The Bertz CT molecular complexity index is 1490. The largest absolute Gasteiger partial charge is 0.465 e. The number of esters is 1. The summed E-state index contributed by atoms with van der Waals surface area (Å²) in [6.07, 6.45) is -0.780. The van der Waals surface area contributed by atoms with Crippen LogP contribution in [-0.4, -0.2) is 47.9 Å². The van der Waals surface area contributed by atoms with Gasteiger partial charge in [-0.15, -0.1) is 0 Å². The van der Waals surface area contributed by atoms with Gasteiger partial charge < -0.3 is 19.5 Å². The van der Waals surface area contributed by atoms with Crippen LogP contribution in [0.15, 0.2) is 84.9 Å². The molecule has 1 N–H and O–H groups in total. The zero-order valence-electron chi connectivity index (χ0n) is 23.2. The molecule has 0 spiro atoms. The van der Waals surface area contributed by atoms with E-state index in [4.69, 9.17) is 21.1 Å². The lowest BCUT2D eigenvalue weighted by Gasteiger charge is -2.29. The lowest BCUT2D eigenvalue weighted by atomic mass is 9.98. The number of aliphatic hydroxyl groups excluding tert-OH is 1. The Morgan fingerprint density at radius 3 is 2.25 bits per heavy atom. The summed E-state index contributed by atoms with van der Waals surface area (Å²) in [6, 6.07) is 26.8. The fourth-order valence-electron chi connectivity index (χ4n) is 4.41. The van der Waals surface area contributed by atoms with Crippen LogP contribution in [0.1, 0.15) is 48.4 Å². The van der Waals surface area contributed by atoms with Crippen molar-refractivity contribution < 1.29 is 24.2 Å². The Labute approximate surface area is 240 Å². The molecule has 40 heavy (non-hydrogen) atoms. The number of carbonyl (C=O) groups excluding carboxylic acids is 2. The van der Waals surface area contributed by atoms with E-state index >= 15 is 0 Å². The van der Waals surface area contributed by atoms with Crippen molar-refractivity contribution in [1.29, 1.82) is 0 Å². The first-order chi connectivity index (χ1) is 19.0. The number of ether oxygens (including phenoxy) is 2. The van der Waals surface area contributed by atoms with Crippen LogP contribution in [0.5, 0.6) is 0 Å². The molecular weight excluding hydrogens is 526 g/mol. The molecule has 0 saturated heterocycles. The van der Waals surface area contributed by atoms with Crippen LogP contribution in [0.2, 0.25) is 5.02 Å². The topological polar surface area (TPSA) is 76.1 Å². The van der Waals surface area contributed by atoms with Gasteiger partial charge in [-0.1, -0.05) is 66.2 Å². The maximum absolute atomic E-state index is 13.0. The summed E-state index contributed by atoms with van der Waals surface area (Å²) >= 11 is 6.09. The molecule has 0 aromatic heterocycles. The first kappa shape index (κ1) is 29.1. The van der Waals surface area contributed by atoms with Crippen molar-refractivity contribution >= 4 is 34.4 Å². The third-order valence-electron chi connectivity index (χ3n) is 6.50. The van der Waals surface area contributed by atoms with Gasteiger partial charge in [0, 0.05) is 11.6 Å². The maximum Gasteiger partial charge on any atom is 0.410 e. The van der Waals surface area contributed by atoms with Crippen LogP contribution < -0.4 is 0 Å². The van der Waals surface area contributed by atoms with Gasteiger partial charge in [-0.25, -0.2) is 9.59 Å². The van der Waals surface area contributed by atoms with Crippen molar-refractivity contribution in [2.45, 2.75) is 38.9 Å². The van der Waals surface area contributed by atoms with Gasteiger partial charge in [0.25, 0.3) is 0 Å². The number of fused-ring (bicyclic) bond motifs is 1. The number of aliphatic hydroxyl groups is 1. The van der Waals surface area contributed by atoms with Crippen LogP contribution in [0.4, 0.5) is 4.79 Å². The lowest BCUT2D eigenvalue weighted by Crippen LogP contribution is -2.40. The summed E-state index contributed by atoms with van der Waals surface area (Å²) in [4.78, 5) is 26.3. The highest BCUT2D eigenvalue weighted by Gasteiger charge is 2.24. The molecule has 4 rings (SSSR count). The summed E-state index contributed by atoms with van der Waals surface area (Å²) in [5.41, 5.74) is 3.68. The van der Waals surface area contributed by atoms with Gasteiger partial charge in [0.1, 0.15) is 5.60 Å². The molecule has 0 aliphatic carbocycles. The van der Waals surface area contributed by atoms with Crippen LogP contribution in [0.3, 0.4) is 0 Å². The second-order valence-corrected chi connectivity index (χ2v) is 11.1. The fourth-order valence-corrected chi connectivity index (χ4v) is 4.61. The molecule has 0 radical (unpaired) electrons. The third-order valence-corrected chi connectivity index (χ3v) is 6.73. The first-order valence-electron chi connectivity index (χ1n) is 13.2. The van der Waals surface area contributed by atoms with Crippen LogP contribution in [-0.2, 0) is 15.9 Å². The molecule has 4 aromatic rings. The van der Waals surface area contributed by atoms with Gasteiger partial charge in [-0.2, -0.15) is 0 Å². The zero-order chi connectivity index (χ0) is 28.9. The normalized spacial score (nSPS) is 12.2. The van der Waals surface area contributed by atoms with Crippen molar-refractivity contribution in [1.82, 2.24) is 4.90 Å². The van der Waals surface area contributed by atoms with Gasteiger partial charge >= 0.3 is 12.1 Å². The minimum atomic E-state index is -0.898. The van der Waals surface area contributed by atoms with E-state index in [1.807, 2.05) is 57.2 Å². The number of hydrogen-bond acceptors (Lipinski definition) is 5. The molecule has 4 aromatic carbocycles. The summed E-state index contributed by atoms with van der Waals surface area (Å²) in [6.45, 7) is 5.92. The van der Waals surface area contributed by atoms with Crippen molar-refractivity contribution in [3.63, 3.8) is 0 Å². The van der Waals surface area contributed by atoms with Gasteiger partial charge in [-0.3, -0.25) is 0 Å². The summed E-state index contributed by atoms with van der Waals surface area (Å²) in [7, 11) is 1.37. The first-order valence-corrected chi connectivity index (χ1v) is 13.5.